The molecular weight excluding hydrogens is 584 g/mol. The Morgan fingerprint density at radius 1 is 1.00 bits per heavy atom. The molecule has 2 aliphatic carbocycles. The average molecular weight is 636 g/mol. The van der Waals surface area contributed by atoms with Gasteiger partial charge in [0.15, 0.2) is 0 Å². The average Bonchev–Trinajstić information content (AvgIpc) is 3.83. The Hall–Kier alpha value is -1.90. The van der Waals surface area contributed by atoms with Crippen LogP contribution in [0.4, 0.5) is 13.6 Å². The highest BCUT2D eigenvalue weighted by Gasteiger charge is 2.60. The molecule has 11 unspecified atom stereocenters. The number of nitrogens with zero attached hydrogens (tertiary/aromatic N) is 3. The summed E-state index contributed by atoms with van der Waals surface area (Å²) in [5.74, 6) is -0.819. The highest BCUT2D eigenvalue weighted by Crippen LogP contribution is 2.45. The number of halogens is 2. The molecule has 0 aromatic heterocycles. The van der Waals surface area contributed by atoms with E-state index in [2.05, 4.69) is 46.6 Å². The number of urea groups is 1. The number of rotatable bonds is 3. The maximum absolute atomic E-state index is 16.6. The van der Waals surface area contributed by atoms with E-state index in [1.807, 2.05) is 9.80 Å². The van der Waals surface area contributed by atoms with Crippen molar-refractivity contribution in [2.45, 2.75) is 126 Å². The number of hydrogen-bond donors (Lipinski definition) is 4. The molecule has 13 heteroatoms. The van der Waals surface area contributed by atoms with Crippen LogP contribution in [-0.2, 0) is 14.3 Å². The number of piperidine rings is 1. The lowest BCUT2D eigenvalue weighted by Crippen LogP contribution is -2.81. The molecule has 2 saturated carbocycles. The van der Waals surface area contributed by atoms with Gasteiger partial charge in [0, 0.05) is 69.0 Å². The Labute approximate surface area is 265 Å². The first-order chi connectivity index (χ1) is 21.8. The van der Waals surface area contributed by atoms with Gasteiger partial charge >= 0.3 is 6.03 Å². The normalized spacial score (nSPS) is 45.8. The molecule has 252 valence electrons. The fourth-order valence-electron chi connectivity index (χ4n) is 9.38. The minimum absolute atomic E-state index is 0.0657. The van der Waals surface area contributed by atoms with Gasteiger partial charge in [-0.25, -0.2) is 13.6 Å². The number of fused-ring (bicyclic) bond motifs is 6. The largest absolute Gasteiger partial charge is 0.378 e. The zero-order valence-corrected chi connectivity index (χ0v) is 26.6. The number of piperazine rings is 1. The Balaban J connectivity index is 1.25. The van der Waals surface area contributed by atoms with Gasteiger partial charge in [-0.3, -0.25) is 25.6 Å². The van der Waals surface area contributed by atoms with E-state index in [4.69, 9.17) is 9.47 Å². The van der Waals surface area contributed by atoms with Crippen molar-refractivity contribution in [3.63, 3.8) is 0 Å². The molecule has 5 saturated heterocycles. The second-order valence-electron chi connectivity index (χ2n) is 14.5. The summed E-state index contributed by atoms with van der Waals surface area (Å²) in [4.78, 5) is 32.9. The van der Waals surface area contributed by atoms with E-state index in [1.165, 1.54) is 6.08 Å². The highest BCUT2D eigenvalue weighted by molar-refractivity contribution is 5.87. The molecule has 0 radical (unpaired) electrons. The van der Waals surface area contributed by atoms with E-state index in [0.717, 1.165) is 25.7 Å². The third-order valence-electron chi connectivity index (χ3n) is 11.6. The Kier molecular flexibility index (Phi) is 9.12. The van der Waals surface area contributed by atoms with Crippen molar-refractivity contribution in [3.05, 3.63) is 12.7 Å². The molecule has 7 fully saturated rings. The Morgan fingerprint density at radius 2 is 1.80 bits per heavy atom. The maximum Gasteiger partial charge on any atom is 0.320 e. The van der Waals surface area contributed by atoms with Crippen molar-refractivity contribution in [1.29, 1.82) is 0 Å². The molecule has 7 rings (SSSR count). The van der Waals surface area contributed by atoms with Crippen LogP contribution in [0, 0.1) is 17.8 Å². The standard InChI is InChI=1S/C32H51F2N7O4/c1-4-24(42)39-10-11-40(22-15-21(22)39)29-18-14-20(34)27-25-19(33)8-7-9-23(25)44-12-5-6-13-45-31-28(26(17(2)3)35-16-36-31)41(30(18)37-27)32(43)38-29/h4,17-23,25-31,35-37H,1,5-16H2,2-3H3,(H,38,43)/t18?,19?,20?,21-,22+,23?,25?,26?,27?,28?,29?,30?,31?/m0/s1. The van der Waals surface area contributed by atoms with Crippen LogP contribution in [0.2, 0.25) is 0 Å². The summed E-state index contributed by atoms with van der Waals surface area (Å²) < 4.78 is 45.2. The van der Waals surface area contributed by atoms with Gasteiger partial charge in [-0.15, -0.1) is 0 Å². The number of alkyl halides is 2. The summed E-state index contributed by atoms with van der Waals surface area (Å²) in [6, 6.07) is -1.30. The highest BCUT2D eigenvalue weighted by atomic mass is 19.1. The van der Waals surface area contributed by atoms with Gasteiger partial charge in [0.1, 0.15) is 18.6 Å². The van der Waals surface area contributed by atoms with E-state index in [0.29, 0.717) is 45.8 Å². The smallest absolute Gasteiger partial charge is 0.320 e. The second-order valence-corrected chi connectivity index (χ2v) is 14.5. The lowest BCUT2D eigenvalue weighted by Gasteiger charge is -2.59. The van der Waals surface area contributed by atoms with Crippen LogP contribution in [0.1, 0.15) is 58.8 Å². The first-order valence-electron chi connectivity index (χ1n) is 17.3. The predicted octanol–water partition coefficient (Wildman–Crippen LogP) is 1.65. The van der Waals surface area contributed by atoms with Crippen molar-refractivity contribution >= 4 is 11.9 Å². The van der Waals surface area contributed by atoms with Gasteiger partial charge in [-0.2, -0.15) is 0 Å². The van der Waals surface area contributed by atoms with Crippen LogP contribution < -0.4 is 21.3 Å². The maximum atomic E-state index is 16.6. The van der Waals surface area contributed by atoms with Crippen LogP contribution in [0.3, 0.4) is 0 Å². The molecule has 5 heterocycles. The quantitative estimate of drug-likeness (QED) is 0.347. The zero-order valence-electron chi connectivity index (χ0n) is 26.6. The van der Waals surface area contributed by atoms with Crippen LogP contribution >= 0.6 is 0 Å². The number of nitrogens with one attached hydrogen (secondary N) is 4. The van der Waals surface area contributed by atoms with E-state index >= 15 is 8.78 Å². The van der Waals surface area contributed by atoms with E-state index in [-0.39, 0.29) is 60.5 Å². The molecule has 7 aliphatic rings. The lowest BCUT2D eigenvalue weighted by molar-refractivity contribution is -0.137. The molecule has 0 aromatic carbocycles. The Bertz CT molecular complexity index is 1120. The summed E-state index contributed by atoms with van der Waals surface area (Å²) >= 11 is 0. The van der Waals surface area contributed by atoms with Gasteiger partial charge in [0.25, 0.3) is 0 Å². The molecule has 13 atom stereocenters. The summed E-state index contributed by atoms with van der Waals surface area (Å²) in [6.07, 6.45) is 1.50. The Morgan fingerprint density at radius 3 is 2.58 bits per heavy atom. The summed E-state index contributed by atoms with van der Waals surface area (Å²) in [6.45, 7) is 10.6. The third-order valence-corrected chi connectivity index (χ3v) is 11.6. The topological polar surface area (TPSA) is 110 Å². The van der Waals surface area contributed by atoms with Gasteiger partial charge < -0.3 is 24.6 Å². The third kappa shape index (κ3) is 5.79. The molecule has 2 bridgehead atoms. The molecule has 4 N–H and O–H groups in total. The predicted molar refractivity (Wildman–Crippen MR) is 163 cm³/mol. The monoisotopic (exact) mass is 635 g/mol. The minimum atomic E-state index is -1.31. The first kappa shape index (κ1) is 31.7. The zero-order chi connectivity index (χ0) is 31.4. The summed E-state index contributed by atoms with van der Waals surface area (Å²) in [7, 11) is 0. The lowest BCUT2D eigenvalue weighted by atomic mass is 9.73. The van der Waals surface area contributed by atoms with Crippen molar-refractivity contribution < 1.29 is 27.8 Å². The number of ether oxygens (including phenoxy) is 2. The fourth-order valence-corrected chi connectivity index (χ4v) is 9.38. The van der Waals surface area contributed by atoms with Crippen molar-refractivity contribution in [1.82, 2.24) is 36.0 Å². The van der Waals surface area contributed by atoms with E-state index in [1.54, 1.807) is 0 Å². The molecule has 45 heavy (non-hydrogen) atoms. The fraction of sp³-hybridized carbons (Fsp3) is 0.875. The van der Waals surface area contributed by atoms with E-state index < -0.39 is 42.9 Å². The number of amides is 3. The molecular formula is C32H51F2N7O4. The first-order valence-corrected chi connectivity index (χ1v) is 17.3. The van der Waals surface area contributed by atoms with Crippen LogP contribution in [-0.4, -0.2) is 127 Å². The number of hydrogen-bond acceptors (Lipinski definition) is 8. The molecule has 3 amide bonds. The van der Waals surface area contributed by atoms with Gasteiger partial charge in [-0.1, -0.05) is 20.4 Å². The van der Waals surface area contributed by atoms with Gasteiger partial charge in [-0.05, 0) is 56.9 Å². The van der Waals surface area contributed by atoms with Crippen LogP contribution in [0.5, 0.6) is 0 Å². The second kappa shape index (κ2) is 13.0. The van der Waals surface area contributed by atoms with Gasteiger partial charge in [0.05, 0.1) is 24.5 Å². The molecule has 0 aromatic rings. The van der Waals surface area contributed by atoms with Crippen molar-refractivity contribution in [2.24, 2.45) is 17.8 Å². The van der Waals surface area contributed by atoms with Crippen LogP contribution in [0.15, 0.2) is 12.7 Å². The SMILES string of the molecule is C=CC(=O)N1CCN(C2NC(=O)N3C4NC(C(F)CC42)C2C(F)CCCC2OCCCCOC2NCNC(C(C)C)C23)[C@@H]2C[C@@H]21. The van der Waals surface area contributed by atoms with E-state index in [9.17, 15) is 9.59 Å². The van der Waals surface area contributed by atoms with Crippen LogP contribution in [0.25, 0.3) is 0 Å². The van der Waals surface area contributed by atoms with Crippen molar-refractivity contribution in [3.8, 4) is 0 Å². The molecule has 0 spiro atoms. The summed E-state index contributed by atoms with van der Waals surface area (Å²) in [5, 5.41) is 13.9. The number of carbonyl (C=O) groups is 2. The van der Waals surface area contributed by atoms with Gasteiger partial charge in [0.2, 0.25) is 5.91 Å². The minimum Gasteiger partial charge on any atom is -0.378 e. The molecule has 5 aliphatic heterocycles. The molecule has 11 nitrogen and oxygen atoms in total. The summed E-state index contributed by atoms with van der Waals surface area (Å²) in [5.41, 5.74) is 0. The number of carbonyl (C=O) groups excluding carboxylic acids is 2. The van der Waals surface area contributed by atoms with Crippen molar-refractivity contribution in [2.75, 3.05) is 33.0 Å².